The van der Waals surface area contributed by atoms with Gasteiger partial charge in [0, 0.05) is 50.4 Å². The van der Waals surface area contributed by atoms with Gasteiger partial charge in [0.15, 0.2) is 0 Å². The number of benzene rings is 2. The highest BCUT2D eigenvalue weighted by Crippen LogP contribution is 2.35. The van der Waals surface area contributed by atoms with Crippen molar-refractivity contribution in [3.63, 3.8) is 0 Å². The van der Waals surface area contributed by atoms with E-state index in [0.717, 1.165) is 30.8 Å². The highest BCUT2D eigenvalue weighted by atomic mass is 16.2. The monoisotopic (exact) mass is 419 g/mol. The maximum Gasteiger partial charge on any atom is 0.254 e. The first kappa shape index (κ1) is 23.2. The summed E-state index contributed by atoms with van der Waals surface area (Å²) in [4.78, 5) is 20.4. The molecule has 2 aromatic carbocycles. The van der Waals surface area contributed by atoms with E-state index in [1.54, 1.807) is 0 Å². The van der Waals surface area contributed by atoms with Gasteiger partial charge in [0.25, 0.3) is 5.91 Å². The van der Waals surface area contributed by atoms with Gasteiger partial charge in [0.1, 0.15) is 0 Å². The second-order valence-corrected chi connectivity index (χ2v) is 8.52. The van der Waals surface area contributed by atoms with Crippen molar-refractivity contribution in [1.29, 1.82) is 0 Å². The van der Waals surface area contributed by atoms with E-state index >= 15 is 0 Å². The summed E-state index contributed by atoms with van der Waals surface area (Å²) in [5.41, 5.74) is 3.15. The molecule has 0 bridgehead atoms. The highest BCUT2D eigenvalue weighted by Gasteiger charge is 2.36. The predicted octanol–water partition coefficient (Wildman–Crippen LogP) is 4.84. The Hall–Kier alpha value is -2.43. The van der Waals surface area contributed by atoms with Crippen molar-refractivity contribution in [2.24, 2.45) is 0 Å². The molecule has 4 nitrogen and oxygen atoms in total. The molecule has 166 valence electrons. The smallest absolute Gasteiger partial charge is 0.254 e. The standard InChI is InChI=1S/C27H37N3O/c1-6-18-29-19-22(5)30(20-21(29)4)26(23-14-10-9-11-15-23)24-16-12-13-17-25(24)27(31)28(7-2)8-3/h6,9-17,21-22,26H,1,7-8,18-20H2,2-5H3/t21?,22-,26?/m0/s1. The Bertz CT molecular complexity index is 862. The first-order valence-electron chi connectivity index (χ1n) is 11.6. The van der Waals surface area contributed by atoms with Gasteiger partial charge in [-0.1, -0.05) is 54.6 Å². The van der Waals surface area contributed by atoms with E-state index < -0.39 is 0 Å². The van der Waals surface area contributed by atoms with Crippen LogP contribution in [0.25, 0.3) is 0 Å². The largest absolute Gasteiger partial charge is 0.339 e. The highest BCUT2D eigenvalue weighted by molar-refractivity contribution is 5.96. The van der Waals surface area contributed by atoms with E-state index in [1.807, 2.05) is 37.0 Å². The van der Waals surface area contributed by atoms with Crippen LogP contribution in [-0.4, -0.2) is 65.4 Å². The van der Waals surface area contributed by atoms with E-state index in [2.05, 4.69) is 72.7 Å². The third kappa shape index (κ3) is 5.08. The van der Waals surface area contributed by atoms with Gasteiger partial charge in [-0.05, 0) is 44.9 Å². The van der Waals surface area contributed by atoms with Gasteiger partial charge in [-0.25, -0.2) is 0 Å². The molecule has 0 radical (unpaired) electrons. The summed E-state index contributed by atoms with van der Waals surface area (Å²) in [5, 5.41) is 0. The first-order chi connectivity index (χ1) is 15.0. The SMILES string of the molecule is C=CCN1C[C@H](C)N(C(c2ccccc2)c2ccccc2C(=O)N(CC)CC)CC1C. The van der Waals surface area contributed by atoms with Crippen LogP contribution in [0, 0.1) is 0 Å². The van der Waals surface area contributed by atoms with Crippen molar-refractivity contribution in [2.75, 3.05) is 32.7 Å². The van der Waals surface area contributed by atoms with Crippen molar-refractivity contribution in [2.45, 2.75) is 45.8 Å². The van der Waals surface area contributed by atoms with Gasteiger partial charge in [-0.3, -0.25) is 14.6 Å². The molecule has 1 aliphatic heterocycles. The topological polar surface area (TPSA) is 26.8 Å². The third-order valence-corrected chi connectivity index (χ3v) is 6.51. The van der Waals surface area contributed by atoms with Crippen molar-refractivity contribution in [3.05, 3.63) is 83.9 Å². The molecule has 2 aromatic rings. The third-order valence-electron chi connectivity index (χ3n) is 6.51. The van der Waals surface area contributed by atoms with Crippen LogP contribution in [0.3, 0.4) is 0 Å². The minimum absolute atomic E-state index is 0.0419. The quantitative estimate of drug-likeness (QED) is 0.573. The van der Waals surface area contributed by atoms with E-state index in [0.29, 0.717) is 25.2 Å². The lowest BCUT2D eigenvalue weighted by Crippen LogP contribution is -2.57. The van der Waals surface area contributed by atoms with E-state index in [4.69, 9.17) is 0 Å². The fourth-order valence-electron chi connectivity index (χ4n) is 4.80. The number of piperazine rings is 1. The number of hydrogen-bond acceptors (Lipinski definition) is 3. The van der Waals surface area contributed by atoms with E-state index in [1.165, 1.54) is 5.56 Å². The van der Waals surface area contributed by atoms with Gasteiger partial charge in [-0.2, -0.15) is 0 Å². The molecule has 3 rings (SSSR count). The van der Waals surface area contributed by atoms with Crippen LogP contribution in [0.5, 0.6) is 0 Å². The molecule has 1 heterocycles. The fourth-order valence-corrected chi connectivity index (χ4v) is 4.80. The van der Waals surface area contributed by atoms with Gasteiger partial charge in [0.2, 0.25) is 0 Å². The molecule has 0 aromatic heterocycles. The maximum atomic E-state index is 13.4. The molecule has 1 saturated heterocycles. The molecule has 31 heavy (non-hydrogen) atoms. The van der Waals surface area contributed by atoms with Gasteiger partial charge >= 0.3 is 0 Å². The average Bonchev–Trinajstić information content (AvgIpc) is 2.79. The number of carbonyl (C=O) groups is 1. The zero-order valence-electron chi connectivity index (χ0n) is 19.5. The molecule has 0 aliphatic carbocycles. The number of hydrogen-bond donors (Lipinski definition) is 0. The van der Waals surface area contributed by atoms with Crippen LogP contribution in [0.15, 0.2) is 67.3 Å². The molecule has 2 unspecified atom stereocenters. The van der Waals surface area contributed by atoms with Crippen LogP contribution in [-0.2, 0) is 0 Å². The van der Waals surface area contributed by atoms with Crippen molar-refractivity contribution in [3.8, 4) is 0 Å². The second-order valence-electron chi connectivity index (χ2n) is 8.52. The van der Waals surface area contributed by atoms with Crippen molar-refractivity contribution >= 4 is 5.91 Å². The Labute approximate surface area is 188 Å². The summed E-state index contributed by atoms with van der Waals surface area (Å²) in [5.74, 6) is 0.118. The Morgan fingerprint density at radius 2 is 1.68 bits per heavy atom. The van der Waals surface area contributed by atoms with E-state index in [9.17, 15) is 4.79 Å². The zero-order valence-corrected chi connectivity index (χ0v) is 19.5. The predicted molar refractivity (Wildman–Crippen MR) is 129 cm³/mol. The van der Waals surface area contributed by atoms with Crippen LogP contribution in [0.2, 0.25) is 0 Å². The molecule has 0 N–H and O–H groups in total. The normalized spacial score (nSPS) is 20.9. The van der Waals surface area contributed by atoms with Crippen LogP contribution < -0.4 is 0 Å². The van der Waals surface area contributed by atoms with Gasteiger partial charge < -0.3 is 4.90 Å². The summed E-state index contributed by atoms with van der Waals surface area (Å²) in [6.45, 7) is 16.9. The zero-order chi connectivity index (χ0) is 22.4. The second kappa shape index (κ2) is 10.7. The number of amides is 1. The molecule has 0 saturated carbocycles. The lowest BCUT2D eigenvalue weighted by Gasteiger charge is -2.47. The summed E-state index contributed by atoms with van der Waals surface area (Å²) in [6, 6.07) is 19.6. The number of carbonyl (C=O) groups excluding carboxylic acids is 1. The maximum absolute atomic E-state index is 13.4. The van der Waals surface area contributed by atoms with Crippen molar-refractivity contribution in [1.82, 2.24) is 14.7 Å². The summed E-state index contributed by atoms with van der Waals surface area (Å²) < 4.78 is 0. The Morgan fingerprint density at radius 1 is 1.03 bits per heavy atom. The van der Waals surface area contributed by atoms with Crippen LogP contribution in [0.1, 0.15) is 55.2 Å². The number of rotatable bonds is 8. The van der Waals surface area contributed by atoms with Crippen molar-refractivity contribution < 1.29 is 4.79 Å². The van der Waals surface area contributed by atoms with Crippen LogP contribution in [0.4, 0.5) is 0 Å². The first-order valence-corrected chi connectivity index (χ1v) is 11.6. The summed E-state index contributed by atoms with van der Waals surface area (Å²) in [7, 11) is 0. The van der Waals surface area contributed by atoms with Gasteiger partial charge in [0.05, 0.1) is 6.04 Å². The molecule has 4 heteroatoms. The Morgan fingerprint density at radius 3 is 2.32 bits per heavy atom. The molecule has 1 fully saturated rings. The Balaban J connectivity index is 2.07. The molecular formula is C27H37N3O. The number of nitrogens with zero attached hydrogens (tertiary/aromatic N) is 3. The van der Waals surface area contributed by atoms with Gasteiger partial charge in [-0.15, -0.1) is 6.58 Å². The minimum Gasteiger partial charge on any atom is -0.339 e. The molecule has 0 spiro atoms. The summed E-state index contributed by atoms with van der Waals surface area (Å²) in [6.07, 6.45) is 1.99. The fraction of sp³-hybridized carbons (Fsp3) is 0.444. The molecule has 3 atom stereocenters. The molecular weight excluding hydrogens is 382 g/mol. The summed E-state index contributed by atoms with van der Waals surface area (Å²) >= 11 is 0. The molecule has 1 aliphatic rings. The molecule has 1 amide bonds. The van der Waals surface area contributed by atoms with E-state index in [-0.39, 0.29) is 11.9 Å². The van der Waals surface area contributed by atoms with Crippen LogP contribution >= 0.6 is 0 Å². The Kier molecular flexibility index (Phi) is 8.05. The average molecular weight is 420 g/mol. The minimum atomic E-state index is 0.0419. The lowest BCUT2D eigenvalue weighted by molar-refractivity contribution is 0.0302. The lowest BCUT2D eigenvalue weighted by atomic mass is 9.90.